The van der Waals surface area contributed by atoms with Crippen molar-refractivity contribution in [1.82, 2.24) is 4.90 Å². The first kappa shape index (κ1) is 14.6. The number of rotatable bonds is 1. The molecule has 1 aliphatic rings. The van der Waals surface area contributed by atoms with E-state index < -0.39 is 0 Å². The fourth-order valence-corrected chi connectivity index (χ4v) is 2.91. The topological polar surface area (TPSA) is 20.3 Å². The lowest BCUT2D eigenvalue weighted by molar-refractivity contribution is 0.0602. The van der Waals surface area contributed by atoms with E-state index in [0.717, 1.165) is 25.1 Å². The van der Waals surface area contributed by atoms with Crippen molar-refractivity contribution < 1.29 is 4.79 Å². The first-order chi connectivity index (χ1) is 8.81. The van der Waals surface area contributed by atoms with Crippen LogP contribution >= 0.6 is 15.9 Å². The third kappa shape index (κ3) is 3.02. The first-order valence-corrected chi connectivity index (χ1v) is 7.73. The van der Waals surface area contributed by atoms with E-state index in [1.54, 1.807) is 0 Å². The first-order valence-electron chi connectivity index (χ1n) is 6.82. The molecule has 0 spiro atoms. The normalized spacial score (nSPS) is 22.4. The van der Waals surface area contributed by atoms with Gasteiger partial charge in [0.2, 0.25) is 0 Å². The smallest absolute Gasteiger partial charge is 0.253 e. The Hall–Kier alpha value is -0.830. The number of likely N-dealkylation sites (tertiary alicyclic amines) is 1. The largest absolute Gasteiger partial charge is 0.338 e. The Labute approximate surface area is 124 Å². The number of halogens is 1. The van der Waals surface area contributed by atoms with Crippen LogP contribution in [0.4, 0.5) is 0 Å². The highest BCUT2D eigenvalue weighted by Gasteiger charge is 2.36. The molecule has 2 nitrogen and oxygen atoms in total. The summed E-state index contributed by atoms with van der Waals surface area (Å²) in [4.78, 5) is 15.0. The lowest BCUT2D eigenvalue weighted by Crippen LogP contribution is -2.48. The van der Waals surface area contributed by atoms with Gasteiger partial charge in [0.05, 0.1) is 0 Å². The molecule has 0 N–H and O–H groups in total. The van der Waals surface area contributed by atoms with Gasteiger partial charge >= 0.3 is 0 Å². The van der Waals surface area contributed by atoms with E-state index in [4.69, 9.17) is 0 Å². The number of hydrogen-bond donors (Lipinski definition) is 0. The van der Waals surface area contributed by atoms with Gasteiger partial charge in [0, 0.05) is 23.5 Å². The van der Waals surface area contributed by atoms with Crippen molar-refractivity contribution in [3.05, 3.63) is 34.9 Å². The average Bonchev–Trinajstić information content (AvgIpc) is 2.35. The Morgan fingerprint density at radius 1 is 1.32 bits per heavy atom. The van der Waals surface area contributed by atoms with Gasteiger partial charge in [0.15, 0.2) is 0 Å². The van der Waals surface area contributed by atoms with Crippen molar-refractivity contribution in [1.29, 1.82) is 0 Å². The van der Waals surface area contributed by atoms with Crippen LogP contribution in [-0.2, 0) is 0 Å². The summed E-state index contributed by atoms with van der Waals surface area (Å²) < 4.78 is 0. The predicted octanol–water partition coefficient (Wildman–Crippen LogP) is 3.94. The highest BCUT2D eigenvalue weighted by Crippen LogP contribution is 2.35. The number of carbonyl (C=O) groups excluding carboxylic acids is 1. The molecule has 0 bridgehead atoms. The quantitative estimate of drug-likeness (QED) is 0.717. The molecule has 1 saturated heterocycles. The summed E-state index contributed by atoms with van der Waals surface area (Å²) in [7, 11) is 0. The Morgan fingerprint density at radius 3 is 2.58 bits per heavy atom. The van der Waals surface area contributed by atoms with Gasteiger partial charge in [-0.15, -0.1) is 0 Å². The maximum absolute atomic E-state index is 12.6. The van der Waals surface area contributed by atoms with E-state index in [1.807, 2.05) is 23.1 Å². The number of aryl methyl sites for hydroxylation is 2. The standard InChI is InChI=1S/C16H22BrNO/c1-11-5-6-13(9-12(11)2)15(19)18-8-7-14(17)16(3,4)10-18/h5-6,9,14H,7-8,10H2,1-4H3. The van der Waals surface area contributed by atoms with Gasteiger partial charge in [0.25, 0.3) is 5.91 Å². The Bertz CT molecular complexity index is 496. The van der Waals surface area contributed by atoms with Crippen molar-refractivity contribution in [2.75, 3.05) is 13.1 Å². The van der Waals surface area contributed by atoms with E-state index in [2.05, 4.69) is 43.6 Å². The van der Waals surface area contributed by atoms with E-state index in [0.29, 0.717) is 4.83 Å². The van der Waals surface area contributed by atoms with Gasteiger partial charge in [-0.3, -0.25) is 4.79 Å². The minimum Gasteiger partial charge on any atom is -0.338 e. The van der Waals surface area contributed by atoms with E-state index >= 15 is 0 Å². The van der Waals surface area contributed by atoms with E-state index in [9.17, 15) is 4.79 Å². The zero-order valence-corrected chi connectivity index (χ0v) is 13.8. The highest BCUT2D eigenvalue weighted by atomic mass is 79.9. The molecule has 1 aliphatic heterocycles. The summed E-state index contributed by atoms with van der Waals surface area (Å²) in [6, 6.07) is 5.98. The SMILES string of the molecule is Cc1ccc(C(=O)N2CCC(Br)C(C)(C)C2)cc1C. The number of alkyl halides is 1. The van der Waals surface area contributed by atoms with Gasteiger partial charge in [-0.1, -0.05) is 35.8 Å². The molecule has 1 atom stereocenters. The molecule has 0 saturated carbocycles. The number of amides is 1. The molecule has 2 rings (SSSR count). The van der Waals surface area contributed by atoms with Gasteiger partial charge in [-0.05, 0) is 48.9 Å². The zero-order chi connectivity index (χ0) is 14.2. The third-order valence-electron chi connectivity index (χ3n) is 4.14. The second-order valence-electron chi connectivity index (χ2n) is 6.27. The molecule has 1 aromatic rings. The molecule has 0 aliphatic carbocycles. The Morgan fingerprint density at radius 2 is 2.00 bits per heavy atom. The minimum absolute atomic E-state index is 0.133. The maximum atomic E-state index is 12.6. The lowest BCUT2D eigenvalue weighted by atomic mass is 9.83. The molecule has 3 heteroatoms. The minimum atomic E-state index is 0.133. The van der Waals surface area contributed by atoms with Gasteiger partial charge in [-0.2, -0.15) is 0 Å². The molecule has 1 fully saturated rings. The predicted molar refractivity (Wildman–Crippen MR) is 82.9 cm³/mol. The molecule has 0 radical (unpaired) electrons. The second-order valence-corrected chi connectivity index (χ2v) is 7.38. The lowest BCUT2D eigenvalue weighted by Gasteiger charge is -2.41. The Balaban J connectivity index is 2.18. The van der Waals surface area contributed by atoms with E-state index in [1.165, 1.54) is 11.1 Å². The van der Waals surface area contributed by atoms with Crippen LogP contribution in [0.1, 0.15) is 41.8 Å². The fraction of sp³-hybridized carbons (Fsp3) is 0.562. The summed E-state index contributed by atoms with van der Waals surface area (Å²) in [6.07, 6.45) is 1.02. The molecule has 1 amide bonds. The van der Waals surface area contributed by atoms with Crippen LogP contribution in [0.25, 0.3) is 0 Å². The highest BCUT2D eigenvalue weighted by molar-refractivity contribution is 9.09. The Kier molecular flexibility index (Phi) is 4.05. The second kappa shape index (κ2) is 5.28. The third-order valence-corrected chi connectivity index (χ3v) is 5.84. The summed E-state index contributed by atoms with van der Waals surface area (Å²) in [5.74, 6) is 0.163. The molecular weight excluding hydrogens is 302 g/mol. The van der Waals surface area contributed by atoms with Crippen LogP contribution in [0.5, 0.6) is 0 Å². The van der Waals surface area contributed by atoms with Gasteiger partial charge in [0.1, 0.15) is 0 Å². The van der Waals surface area contributed by atoms with Crippen molar-refractivity contribution >= 4 is 21.8 Å². The summed E-state index contributed by atoms with van der Waals surface area (Å²) in [5, 5.41) is 0. The molecule has 104 valence electrons. The molecule has 0 aromatic heterocycles. The van der Waals surface area contributed by atoms with E-state index in [-0.39, 0.29) is 11.3 Å². The number of nitrogens with zero attached hydrogens (tertiary/aromatic N) is 1. The summed E-state index contributed by atoms with van der Waals surface area (Å²) >= 11 is 3.73. The van der Waals surface area contributed by atoms with Crippen molar-refractivity contribution in [2.24, 2.45) is 5.41 Å². The summed E-state index contributed by atoms with van der Waals surface area (Å²) in [6.45, 7) is 10.2. The van der Waals surface area contributed by atoms with Crippen molar-refractivity contribution in [2.45, 2.75) is 38.9 Å². The van der Waals surface area contributed by atoms with Crippen LogP contribution in [0.15, 0.2) is 18.2 Å². The van der Waals surface area contributed by atoms with Crippen molar-refractivity contribution in [3.63, 3.8) is 0 Å². The maximum Gasteiger partial charge on any atom is 0.253 e. The van der Waals surface area contributed by atoms with Gasteiger partial charge < -0.3 is 4.90 Å². The monoisotopic (exact) mass is 323 g/mol. The molecule has 19 heavy (non-hydrogen) atoms. The van der Waals surface area contributed by atoms with Crippen LogP contribution in [0, 0.1) is 19.3 Å². The zero-order valence-electron chi connectivity index (χ0n) is 12.2. The van der Waals surface area contributed by atoms with Crippen molar-refractivity contribution in [3.8, 4) is 0 Å². The van der Waals surface area contributed by atoms with Crippen LogP contribution in [0.2, 0.25) is 0 Å². The van der Waals surface area contributed by atoms with Crippen LogP contribution < -0.4 is 0 Å². The van der Waals surface area contributed by atoms with Gasteiger partial charge in [-0.25, -0.2) is 0 Å². The van der Waals surface area contributed by atoms with Crippen LogP contribution in [-0.4, -0.2) is 28.7 Å². The summed E-state index contributed by atoms with van der Waals surface area (Å²) in [5.41, 5.74) is 3.36. The number of hydrogen-bond acceptors (Lipinski definition) is 1. The number of carbonyl (C=O) groups is 1. The molecule has 1 aromatic carbocycles. The molecule has 1 unspecified atom stereocenters. The number of benzene rings is 1. The number of piperidine rings is 1. The molecular formula is C16H22BrNO. The average molecular weight is 324 g/mol. The molecule has 1 heterocycles. The fourth-order valence-electron chi connectivity index (χ4n) is 2.56. The van der Waals surface area contributed by atoms with Crippen LogP contribution in [0.3, 0.4) is 0 Å².